The highest BCUT2D eigenvalue weighted by molar-refractivity contribution is 6.02. The molecule has 0 saturated heterocycles. The highest BCUT2D eigenvalue weighted by Crippen LogP contribution is 2.20. The summed E-state index contributed by atoms with van der Waals surface area (Å²) in [7, 11) is 0. The molecule has 2 aromatic carbocycles. The predicted octanol–water partition coefficient (Wildman–Crippen LogP) is 3.53. The lowest BCUT2D eigenvalue weighted by atomic mass is 10.2. The number of halogens is 1. The first-order chi connectivity index (χ1) is 11.2. The van der Waals surface area contributed by atoms with Crippen molar-refractivity contribution in [1.82, 2.24) is 10.2 Å². The Balaban J connectivity index is 1.69. The highest BCUT2D eigenvalue weighted by atomic mass is 19.1. The third-order valence-corrected chi connectivity index (χ3v) is 3.01. The summed E-state index contributed by atoms with van der Waals surface area (Å²) in [6, 6.07) is 13.0. The normalized spacial score (nSPS) is 10.8. The van der Waals surface area contributed by atoms with Gasteiger partial charge in [-0.15, -0.1) is 10.2 Å². The van der Waals surface area contributed by atoms with Crippen molar-refractivity contribution in [2.75, 3.05) is 5.32 Å². The van der Waals surface area contributed by atoms with Crippen LogP contribution in [-0.2, 0) is 4.79 Å². The Kier molecular flexibility index (Phi) is 4.24. The van der Waals surface area contributed by atoms with Crippen LogP contribution in [0, 0.1) is 5.82 Å². The number of hydrogen-bond donors (Lipinski definition) is 1. The van der Waals surface area contributed by atoms with Crippen LogP contribution in [0.3, 0.4) is 0 Å². The Bertz CT molecular complexity index is 845. The molecule has 1 amide bonds. The first-order valence-corrected chi connectivity index (χ1v) is 6.82. The summed E-state index contributed by atoms with van der Waals surface area (Å²) in [5, 5.41) is 10.1. The molecular weight excluding hydrogens is 297 g/mol. The monoisotopic (exact) mass is 309 g/mol. The van der Waals surface area contributed by atoms with Gasteiger partial charge in [-0.05, 0) is 42.0 Å². The summed E-state index contributed by atoms with van der Waals surface area (Å²) in [5.74, 6) is -0.298. The molecule has 0 fully saturated rings. The van der Waals surface area contributed by atoms with E-state index in [9.17, 15) is 9.18 Å². The van der Waals surface area contributed by atoms with Crippen molar-refractivity contribution in [3.05, 3.63) is 72.4 Å². The molecule has 1 heterocycles. The number of hydrogen-bond acceptors (Lipinski definition) is 4. The number of anilines is 1. The summed E-state index contributed by atoms with van der Waals surface area (Å²) in [6.45, 7) is 0. The minimum absolute atomic E-state index is 0.322. The molecule has 0 radical (unpaired) electrons. The van der Waals surface area contributed by atoms with E-state index in [2.05, 4.69) is 15.5 Å². The van der Waals surface area contributed by atoms with Gasteiger partial charge in [-0.2, -0.15) is 0 Å². The van der Waals surface area contributed by atoms with Crippen molar-refractivity contribution >= 4 is 17.7 Å². The quantitative estimate of drug-likeness (QED) is 0.749. The highest BCUT2D eigenvalue weighted by Gasteiger charge is 2.05. The Morgan fingerprint density at radius 2 is 2.04 bits per heavy atom. The van der Waals surface area contributed by atoms with Crippen LogP contribution in [0.15, 0.2) is 65.4 Å². The average Bonchev–Trinajstić information content (AvgIpc) is 3.08. The van der Waals surface area contributed by atoms with Gasteiger partial charge in [-0.25, -0.2) is 4.39 Å². The molecular formula is C17H12FN3O2. The molecule has 114 valence electrons. The van der Waals surface area contributed by atoms with Crippen molar-refractivity contribution in [2.24, 2.45) is 0 Å². The van der Waals surface area contributed by atoms with Gasteiger partial charge in [0.15, 0.2) is 0 Å². The predicted molar refractivity (Wildman–Crippen MR) is 83.8 cm³/mol. The Hall–Kier alpha value is -3.28. The molecule has 0 saturated carbocycles. The number of nitrogens with zero attached hydrogens (tertiary/aromatic N) is 2. The Morgan fingerprint density at radius 1 is 1.17 bits per heavy atom. The van der Waals surface area contributed by atoms with Gasteiger partial charge < -0.3 is 9.73 Å². The summed E-state index contributed by atoms with van der Waals surface area (Å²) in [5.41, 5.74) is 1.91. The fourth-order valence-corrected chi connectivity index (χ4v) is 1.99. The summed E-state index contributed by atoms with van der Waals surface area (Å²) < 4.78 is 18.2. The molecule has 0 spiro atoms. The largest absolute Gasteiger partial charge is 0.423 e. The molecule has 3 aromatic rings. The fraction of sp³-hybridized carbons (Fsp3) is 0. The van der Waals surface area contributed by atoms with E-state index in [0.717, 1.165) is 0 Å². The van der Waals surface area contributed by atoms with Gasteiger partial charge >= 0.3 is 0 Å². The van der Waals surface area contributed by atoms with Gasteiger partial charge in [0.25, 0.3) is 0 Å². The minimum atomic E-state index is -0.347. The zero-order valence-electron chi connectivity index (χ0n) is 11.9. The molecule has 23 heavy (non-hydrogen) atoms. The molecule has 0 atom stereocenters. The van der Waals surface area contributed by atoms with E-state index in [0.29, 0.717) is 22.7 Å². The van der Waals surface area contributed by atoms with Crippen molar-refractivity contribution in [3.8, 4) is 11.5 Å². The third-order valence-electron chi connectivity index (χ3n) is 3.01. The zero-order valence-corrected chi connectivity index (χ0v) is 11.9. The van der Waals surface area contributed by atoms with Crippen LogP contribution in [0.5, 0.6) is 0 Å². The first-order valence-electron chi connectivity index (χ1n) is 6.82. The first kappa shape index (κ1) is 14.6. The molecule has 0 aliphatic heterocycles. The number of carbonyl (C=O) groups is 1. The number of aromatic nitrogens is 2. The number of benzene rings is 2. The van der Waals surface area contributed by atoms with E-state index in [-0.39, 0.29) is 11.7 Å². The van der Waals surface area contributed by atoms with Crippen LogP contribution in [0.1, 0.15) is 5.56 Å². The zero-order chi connectivity index (χ0) is 16.1. The van der Waals surface area contributed by atoms with Gasteiger partial charge in [0, 0.05) is 17.3 Å². The lowest BCUT2D eigenvalue weighted by molar-refractivity contribution is -0.111. The SMILES string of the molecule is O=C(C=Cc1cccc(F)c1)Nc1cccc(-c2nnco2)c1. The van der Waals surface area contributed by atoms with Crippen LogP contribution >= 0.6 is 0 Å². The smallest absolute Gasteiger partial charge is 0.248 e. The van der Waals surface area contributed by atoms with Crippen molar-refractivity contribution < 1.29 is 13.6 Å². The van der Waals surface area contributed by atoms with Crippen molar-refractivity contribution in [2.45, 2.75) is 0 Å². The Labute approximate surface area is 131 Å². The molecule has 0 aliphatic rings. The maximum Gasteiger partial charge on any atom is 0.248 e. The topological polar surface area (TPSA) is 68.0 Å². The molecule has 3 rings (SSSR count). The van der Waals surface area contributed by atoms with Crippen LogP contribution in [0.25, 0.3) is 17.5 Å². The van der Waals surface area contributed by atoms with Crippen LogP contribution in [0.2, 0.25) is 0 Å². The number of rotatable bonds is 4. The lowest BCUT2D eigenvalue weighted by Crippen LogP contribution is -2.07. The standard InChI is InChI=1S/C17H12FN3O2/c18-14-5-1-3-12(9-14)7-8-16(22)20-15-6-2-4-13(10-15)17-21-19-11-23-17/h1-11H,(H,20,22). The molecule has 0 unspecified atom stereocenters. The van der Waals surface area contributed by atoms with Gasteiger partial charge in [-0.3, -0.25) is 4.79 Å². The van der Waals surface area contributed by atoms with Gasteiger partial charge in [-0.1, -0.05) is 18.2 Å². The second kappa shape index (κ2) is 6.65. The van der Waals surface area contributed by atoms with Crippen molar-refractivity contribution in [3.63, 3.8) is 0 Å². The van der Waals surface area contributed by atoms with Crippen LogP contribution < -0.4 is 5.32 Å². The molecule has 6 heteroatoms. The molecule has 1 aromatic heterocycles. The van der Waals surface area contributed by atoms with E-state index in [1.54, 1.807) is 42.5 Å². The van der Waals surface area contributed by atoms with Crippen molar-refractivity contribution in [1.29, 1.82) is 0 Å². The maximum absolute atomic E-state index is 13.1. The van der Waals surface area contributed by atoms with Crippen LogP contribution in [0.4, 0.5) is 10.1 Å². The van der Waals surface area contributed by atoms with E-state index in [1.807, 2.05) is 0 Å². The lowest BCUT2D eigenvalue weighted by Gasteiger charge is -2.03. The summed E-state index contributed by atoms with van der Waals surface area (Å²) in [4.78, 5) is 11.9. The van der Waals surface area contributed by atoms with Gasteiger partial charge in [0.05, 0.1) is 0 Å². The molecule has 0 aliphatic carbocycles. The fourth-order valence-electron chi connectivity index (χ4n) is 1.99. The second-order valence-corrected chi connectivity index (χ2v) is 4.70. The van der Waals surface area contributed by atoms with E-state index in [1.165, 1.54) is 24.6 Å². The summed E-state index contributed by atoms with van der Waals surface area (Å²) in [6.07, 6.45) is 4.12. The third kappa shape index (κ3) is 3.88. The number of nitrogens with one attached hydrogen (secondary N) is 1. The average molecular weight is 309 g/mol. The Morgan fingerprint density at radius 3 is 2.83 bits per heavy atom. The number of carbonyl (C=O) groups excluding carboxylic acids is 1. The van der Waals surface area contributed by atoms with Gasteiger partial charge in [0.2, 0.25) is 18.2 Å². The molecule has 1 N–H and O–H groups in total. The molecule has 5 nitrogen and oxygen atoms in total. The molecule has 0 bridgehead atoms. The summed E-state index contributed by atoms with van der Waals surface area (Å²) >= 11 is 0. The van der Waals surface area contributed by atoms with E-state index < -0.39 is 0 Å². The second-order valence-electron chi connectivity index (χ2n) is 4.70. The minimum Gasteiger partial charge on any atom is -0.423 e. The maximum atomic E-state index is 13.1. The van der Waals surface area contributed by atoms with E-state index >= 15 is 0 Å². The van der Waals surface area contributed by atoms with Crippen LogP contribution in [-0.4, -0.2) is 16.1 Å². The van der Waals surface area contributed by atoms with E-state index in [4.69, 9.17) is 4.42 Å². The number of amides is 1. The van der Waals surface area contributed by atoms with Gasteiger partial charge in [0.1, 0.15) is 5.82 Å².